The van der Waals surface area contributed by atoms with Crippen molar-refractivity contribution in [1.29, 1.82) is 5.26 Å². The Labute approximate surface area is 144 Å². The SMILES string of the molecule is CC1(C)Oc2ccc(C#N)cc2[C@@H](NC(=O)c2cccc(F)c2)[C@@H]1O. The van der Waals surface area contributed by atoms with E-state index >= 15 is 0 Å². The van der Waals surface area contributed by atoms with E-state index in [9.17, 15) is 14.3 Å². The zero-order chi connectivity index (χ0) is 18.2. The number of benzene rings is 2. The molecular weight excluding hydrogens is 323 g/mol. The number of hydrogen-bond donors (Lipinski definition) is 2. The third-order valence-electron chi connectivity index (χ3n) is 4.25. The quantitative estimate of drug-likeness (QED) is 0.881. The summed E-state index contributed by atoms with van der Waals surface area (Å²) in [5, 5.41) is 22.5. The van der Waals surface area contributed by atoms with Gasteiger partial charge in [-0.1, -0.05) is 6.07 Å². The number of ether oxygens (including phenoxy) is 1. The summed E-state index contributed by atoms with van der Waals surface area (Å²) < 4.78 is 19.2. The number of hydrogen-bond acceptors (Lipinski definition) is 4. The molecule has 2 N–H and O–H groups in total. The van der Waals surface area contributed by atoms with Crippen molar-refractivity contribution >= 4 is 5.91 Å². The van der Waals surface area contributed by atoms with Crippen LogP contribution in [0.15, 0.2) is 42.5 Å². The Bertz CT molecular complexity index is 873. The van der Waals surface area contributed by atoms with Gasteiger partial charge in [0.2, 0.25) is 0 Å². The maximum absolute atomic E-state index is 13.4. The van der Waals surface area contributed by atoms with Crippen LogP contribution in [0.3, 0.4) is 0 Å². The standard InChI is InChI=1S/C19H17FN2O3/c1-19(2)17(23)16(14-8-11(10-21)6-7-15(14)25-19)22-18(24)12-4-3-5-13(20)9-12/h3-9,16-17,23H,1-2H3,(H,22,24)/t16-,17+/m1/s1. The Morgan fingerprint density at radius 1 is 1.32 bits per heavy atom. The molecule has 2 aromatic carbocycles. The third-order valence-corrected chi connectivity index (χ3v) is 4.25. The lowest BCUT2D eigenvalue weighted by atomic mass is 9.85. The molecule has 0 spiro atoms. The number of carbonyl (C=O) groups is 1. The number of nitrogens with zero attached hydrogens (tertiary/aromatic N) is 1. The molecule has 128 valence electrons. The zero-order valence-electron chi connectivity index (χ0n) is 13.8. The Kier molecular flexibility index (Phi) is 4.19. The lowest BCUT2D eigenvalue weighted by Crippen LogP contribution is -2.53. The molecule has 0 unspecified atom stereocenters. The molecule has 0 saturated heterocycles. The molecule has 1 amide bonds. The molecular formula is C19H17FN2O3. The summed E-state index contributed by atoms with van der Waals surface area (Å²) in [5.41, 5.74) is 0.102. The van der Waals surface area contributed by atoms with Gasteiger partial charge < -0.3 is 15.2 Å². The number of aliphatic hydroxyl groups excluding tert-OH is 1. The molecule has 0 aliphatic carbocycles. The van der Waals surface area contributed by atoms with Crippen LogP contribution in [0.25, 0.3) is 0 Å². The molecule has 25 heavy (non-hydrogen) atoms. The fraction of sp³-hybridized carbons (Fsp3) is 0.263. The molecule has 0 aromatic heterocycles. The van der Waals surface area contributed by atoms with Crippen molar-refractivity contribution in [3.8, 4) is 11.8 Å². The van der Waals surface area contributed by atoms with E-state index in [2.05, 4.69) is 5.32 Å². The molecule has 2 atom stereocenters. The Morgan fingerprint density at radius 3 is 2.76 bits per heavy atom. The van der Waals surface area contributed by atoms with E-state index in [1.54, 1.807) is 32.0 Å². The maximum Gasteiger partial charge on any atom is 0.251 e. The first kappa shape index (κ1) is 16.9. The van der Waals surface area contributed by atoms with Gasteiger partial charge in [0.25, 0.3) is 5.91 Å². The molecule has 0 saturated carbocycles. The van der Waals surface area contributed by atoms with Crippen LogP contribution >= 0.6 is 0 Å². The van der Waals surface area contributed by atoms with Crippen molar-refractivity contribution in [3.63, 3.8) is 0 Å². The molecule has 0 fully saturated rings. The fourth-order valence-electron chi connectivity index (χ4n) is 2.88. The van der Waals surface area contributed by atoms with Gasteiger partial charge in [0.15, 0.2) is 0 Å². The number of rotatable bonds is 2. The second-order valence-corrected chi connectivity index (χ2v) is 6.48. The predicted octanol–water partition coefficient (Wildman–Crippen LogP) is 2.70. The van der Waals surface area contributed by atoms with Crippen molar-refractivity contribution in [2.75, 3.05) is 0 Å². The van der Waals surface area contributed by atoms with Crippen molar-refractivity contribution in [2.45, 2.75) is 31.6 Å². The highest BCUT2D eigenvalue weighted by atomic mass is 19.1. The summed E-state index contributed by atoms with van der Waals surface area (Å²) in [4.78, 5) is 12.5. The number of nitrogens with one attached hydrogen (secondary N) is 1. The maximum atomic E-state index is 13.4. The number of carbonyl (C=O) groups excluding carboxylic acids is 1. The third kappa shape index (κ3) is 3.19. The highest BCUT2D eigenvalue weighted by molar-refractivity contribution is 5.94. The van der Waals surface area contributed by atoms with E-state index in [0.717, 1.165) is 6.07 Å². The van der Waals surface area contributed by atoms with E-state index in [4.69, 9.17) is 10.00 Å². The van der Waals surface area contributed by atoms with Crippen LogP contribution in [0.2, 0.25) is 0 Å². The number of fused-ring (bicyclic) bond motifs is 1. The van der Waals surface area contributed by atoms with Gasteiger partial charge in [0.1, 0.15) is 23.3 Å². The average molecular weight is 340 g/mol. The second kappa shape index (κ2) is 6.19. The van der Waals surface area contributed by atoms with Crippen LogP contribution in [0.4, 0.5) is 4.39 Å². The van der Waals surface area contributed by atoms with Crippen molar-refractivity contribution in [3.05, 3.63) is 65.0 Å². The average Bonchev–Trinajstić information content (AvgIpc) is 2.58. The minimum absolute atomic E-state index is 0.148. The second-order valence-electron chi connectivity index (χ2n) is 6.48. The summed E-state index contributed by atoms with van der Waals surface area (Å²) in [6, 6.07) is 11.4. The van der Waals surface area contributed by atoms with Gasteiger partial charge in [0, 0.05) is 11.1 Å². The lowest BCUT2D eigenvalue weighted by Gasteiger charge is -2.42. The van der Waals surface area contributed by atoms with Gasteiger partial charge in [-0.05, 0) is 50.2 Å². The molecule has 0 radical (unpaired) electrons. The monoisotopic (exact) mass is 340 g/mol. The first-order valence-corrected chi connectivity index (χ1v) is 7.79. The van der Waals surface area contributed by atoms with Crippen LogP contribution < -0.4 is 10.1 Å². The zero-order valence-corrected chi connectivity index (χ0v) is 13.8. The molecule has 3 rings (SSSR count). The van der Waals surface area contributed by atoms with Crippen LogP contribution in [-0.4, -0.2) is 22.7 Å². The first-order valence-electron chi connectivity index (χ1n) is 7.79. The Hall–Kier alpha value is -2.91. The van der Waals surface area contributed by atoms with E-state index in [-0.39, 0.29) is 5.56 Å². The highest BCUT2D eigenvalue weighted by Gasteiger charge is 2.43. The molecule has 5 nitrogen and oxygen atoms in total. The molecule has 6 heteroatoms. The predicted molar refractivity (Wildman–Crippen MR) is 88.5 cm³/mol. The van der Waals surface area contributed by atoms with Gasteiger partial charge in [-0.3, -0.25) is 4.79 Å². The van der Waals surface area contributed by atoms with Gasteiger partial charge in [-0.2, -0.15) is 5.26 Å². The van der Waals surface area contributed by atoms with E-state index < -0.39 is 29.5 Å². The Morgan fingerprint density at radius 2 is 2.08 bits per heavy atom. The molecule has 1 aliphatic heterocycles. The van der Waals surface area contributed by atoms with Crippen LogP contribution in [0, 0.1) is 17.1 Å². The van der Waals surface area contributed by atoms with Crippen molar-refractivity contribution < 1.29 is 19.0 Å². The number of nitriles is 1. The fourth-order valence-corrected chi connectivity index (χ4v) is 2.88. The first-order chi connectivity index (χ1) is 11.8. The van der Waals surface area contributed by atoms with E-state index in [1.165, 1.54) is 18.2 Å². The number of halogens is 1. The van der Waals surface area contributed by atoms with Crippen LogP contribution in [0.5, 0.6) is 5.75 Å². The topological polar surface area (TPSA) is 82.3 Å². The number of aliphatic hydroxyl groups is 1. The summed E-state index contributed by atoms with van der Waals surface area (Å²) in [7, 11) is 0. The Balaban J connectivity index is 1.99. The van der Waals surface area contributed by atoms with Gasteiger partial charge >= 0.3 is 0 Å². The van der Waals surface area contributed by atoms with Gasteiger partial charge in [-0.15, -0.1) is 0 Å². The molecule has 1 aliphatic rings. The minimum atomic E-state index is -1.05. The highest BCUT2D eigenvalue weighted by Crippen LogP contribution is 2.40. The van der Waals surface area contributed by atoms with Crippen molar-refractivity contribution in [2.24, 2.45) is 0 Å². The normalized spacial score (nSPS) is 20.8. The molecule has 1 heterocycles. The van der Waals surface area contributed by atoms with Crippen LogP contribution in [-0.2, 0) is 0 Å². The largest absolute Gasteiger partial charge is 0.485 e. The molecule has 2 aromatic rings. The summed E-state index contributed by atoms with van der Waals surface area (Å²) in [5.74, 6) is -0.555. The molecule has 0 bridgehead atoms. The summed E-state index contributed by atoms with van der Waals surface area (Å²) >= 11 is 0. The number of amides is 1. The van der Waals surface area contributed by atoms with Gasteiger partial charge in [-0.25, -0.2) is 4.39 Å². The lowest BCUT2D eigenvalue weighted by molar-refractivity contribution is -0.0627. The summed E-state index contributed by atoms with van der Waals surface area (Å²) in [6.07, 6.45) is -1.05. The minimum Gasteiger partial charge on any atom is -0.485 e. The van der Waals surface area contributed by atoms with E-state index in [1.807, 2.05) is 6.07 Å². The van der Waals surface area contributed by atoms with Gasteiger partial charge in [0.05, 0.1) is 17.7 Å². The van der Waals surface area contributed by atoms with Crippen LogP contribution in [0.1, 0.15) is 41.4 Å². The van der Waals surface area contributed by atoms with Crippen molar-refractivity contribution in [1.82, 2.24) is 5.32 Å². The van der Waals surface area contributed by atoms with E-state index in [0.29, 0.717) is 16.9 Å². The summed E-state index contributed by atoms with van der Waals surface area (Å²) in [6.45, 7) is 3.42. The smallest absolute Gasteiger partial charge is 0.251 e.